The zero-order valence-corrected chi connectivity index (χ0v) is 23.4. The molecule has 1 atom stereocenters. The average Bonchev–Trinajstić information content (AvgIpc) is 2.91. The van der Waals surface area contributed by atoms with Gasteiger partial charge in [0.2, 0.25) is 0 Å². The molecule has 0 bridgehead atoms. The van der Waals surface area contributed by atoms with E-state index in [2.05, 4.69) is 11.7 Å². The monoisotopic (exact) mass is 634 g/mol. The third kappa shape index (κ3) is 6.49. The summed E-state index contributed by atoms with van der Waals surface area (Å²) in [5.41, 5.74) is -4.51. The first kappa shape index (κ1) is 32.0. The van der Waals surface area contributed by atoms with E-state index in [9.17, 15) is 39.5 Å². The van der Waals surface area contributed by atoms with E-state index in [1.54, 1.807) is 0 Å². The van der Waals surface area contributed by atoms with E-state index in [0.29, 0.717) is 42.4 Å². The van der Waals surface area contributed by atoms with E-state index in [0.717, 1.165) is 38.0 Å². The van der Waals surface area contributed by atoms with E-state index in [4.69, 9.17) is 4.74 Å². The molecule has 0 saturated heterocycles. The molecule has 238 valence electrons. The molecule has 2 nitrogen and oxygen atoms in total. The molecule has 0 N–H and O–H groups in total. The maximum atomic E-state index is 15.2. The summed E-state index contributed by atoms with van der Waals surface area (Å²) < 4.78 is 151. The minimum atomic E-state index is -5.48. The molecule has 1 heterocycles. The van der Waals surface area contributed by atoms with Gasteiger partial charge in [-0.15, -0.1) is 0 Å². The highest BCUT2D eigenvalue weighted by atomic mass is 19.4. The number of fused-ring (bicyclic) bond motifs is 1. The lowest BCUT2D eigenvalue weighted by atomic mass is 9.72. The van der Waals surface area contributed by atoms with Crippen LogP contribution in [0, 0.1) is 46.8 Å². The van der Waals surface area contributed by atoms with Crippen LogP contribution in [0.25, 0.3) is 11.1 Å². The van der Waals surface area contributed by atoms with Gasteiger partial charge in [0.25, 0.3) is 0 Å². The van der Waals surface area contributed by atoms with Gasteiger partial charge in [-0.05, 0) is 72.4 Å². The molecule has 5 rings (SSSR count). The highest BCUT2D eigenvalue weighted by Gasteiger charge is 2.43. The van der Waals surface area contributed by atoms with Crippen molar-refractivity contribution >= 4 is 0 Å². The van der Waals surface area contributed by atoms with Crippen molar-refractivity contribution in [2.24, 2.45) is 17.8 Å². The zero-order chi connectivity index (χ0) is 32.0. The van der Waals surface area contributed by atoms with Gasteiger partial charge in [0, 0.05) is 17.7 Å². The van der Waals surface area contributed by atoms with Gasteiger partial charge in [-0.1, -0.05) is 32.6 Å². The van der Waals surface area contributed by atoms with Crippen molar-refractivity contribution in [2.45, 2.75) is 64.2 Å². The molecule has 0 amide bonds. The first-order chi connectivity index (χ1) is 20.7. The summed E-state index contributed by atoms with van der Waals surface area (Å²) in [6, 6.07) is 2.93. The first-order valence-corrected chi connectivity index (χ1v) is 14.3. The van der Waals surface area contributed by atoms with Gasteiger partial charge in [-0.25, -0.2) is 22.0 Å². The predicted octanol–water partition coefficient (Wildman–Crippen LogP) is 10.4. The molecule has 3 aromatic carbocycles. The van der Waals surface area contributed by atoms with Gasteiger partial charge in [0.1, 0.15) is 51.7 Å². The normalized spacial score (nSPS) is 20.7. The van der Waals surface area contributed by atoms with Crippen molar-refractivity contribution in [3.8, 4) is 22.6 Å². The summed E-state index contributed by atoms with van der Waals surface area (Å²) in [4.78, 5) is 0. The lowest BCUT2D eigenvalue weighted by Crippen LogP contribution is -2.31. The fourth-order valence-corrected chi connectivity index (χ4v) is 6.39. The van der Waals surface area contributed by atoms with Crippen LogP contribution in [0.5, 0.6) is 11.5 Å². The molecule has 1 unspecified atom stereocenters. The topological polar surface area (TPSA) is 18.5 Å². The average molecular weight is 635 g/mol. The molecule has 0 aromatic heterocycles. The Hall–Kier alpha value is -3.44. The number of hydrogen-bond donors (Lipinski definition) is 0. The minimum Gasteiger partial charge on any atom is -0.493 e. The lowest BCUT2D eigenvalue weighted by Gasteiger charge is -2.36. The molecule has 1 aliphatic carbocycles. The molecule has 2 aliphatic rings. The van der Waals surface area contributed by atoms with Crippen molar-refractivity contribution < 1.29 is 53.4 Å². The molecule has 0 radical (unpaired) electrons. The Bertz CT molecular complexity index is 1480. The van der Waals surface area contributed by atoms with Gasteiger partial charge in [-0.2, -0.15) is 22.0 Å². The molecular weight excluding hydrogens is 606 g/mol. The van der Waals surface area contributed by atoms with E-state index in [1.165, 1.54) is 18.6 Å². The third-order valence-electron chi connectivity index (χ3n) is 8.53. The van der Waals surface area contributed by atoms with Crippen LogP contribution in [-0.4, -0.2) is 6.61 Å². The third-order valence-corrected chi connectivity index (χ3v) is 8.53. The van der Waals surface area contributed by atoms with Crippen LogP contribution >= 0.6 is 0 Å². The predicted molar refractivity (Wildman–Crippen MR) is 141 cm³/mol. The van der Waals surface area contributed by atoms with Crippen LogP contribution in [0.2, 0.25) is 0 Å². The Kier molecular flexibility index (Phi) is 8.83. The summed E-state index contributed by atoms with van der Waals surface area (Å²) in [5.74, 6) is -8.97. The molecule has 1 aliphatic heterocycles. The molecule has 1 saturated carbocycles. The number of benzene rings is 3. The largest absolute Gasteiger partial charge is 0.493 e. The molecule has 12 heteroatoms. The molecule has 1 fully saturated rings. The second-order valence-corrected chi connectivity index (χ2v) is 11.5. The summed E-state index contributed by atoms with van der Waals surface area (Å²) in [7, 11) is 0. The summed E-state index contributed by atoms with van der Waals surface area (Å²) in [6.45, 7) is 2.55. The standard InChI is InChI=1S/C32H28F10O2/c1-2-3-16-4-6-17(7-5-16)20-8-19-11-23(33)22(14-28(19)43-15-20)18-9-24(34)30(25(35)10-18)32(41,42)44-21-12-26(36)29(27(37)13-21)31(38,39)40/h9-14,16-17,20H,2-8,15H2,1H3. The van der Waals surface area contributed by atoms with Crippen molar-refractivity contribution in [1.29, 1.82) is 0 Å². The van der Waals surface area contributed by atoms with E-state index < -0.39 is 63.8 Å². The van der Waals surface area contributed by atoms with Crippen LogP contribution in [0.1, 0.15) is 62.1 Å². The first-order valence-electron chi connectivity index (χ1n) is 14.3. The van der Waals surface area contributed by atoms with Crippen LogP contribution in [0.15, 0.2) is 36.4 Å². The summed E-state index contributed by atoms with van der Waals surface area (Å²) in [6.07, 6.45) is -3.07. The number of ether oxygens (including phenoxy) is 2. The number of halogens is 10. The maximum Gasteiger partial charge on any atom is 0.432 e. The minimum absolute atomic E-state index is 0.186. The number of rotatable bonds is 7. The molecular formula is C32H28F10O2. The Morgan fingerprint density at radius 2 is 1.32 bits per heavy atom. The van der Waals surface area contributed by atoms with Gasteiger partial charge < -0.3 is 9.47 Å². The van der Waals surface area contributed by atoms with Crippen molar-refractivity contribution in [3.05, 3.63) is 82.2 Å². The Balaban J connectivity index is 1.36. The van der Waals surface area contributed by atoms with Gasteiger partial charge in [-0.3, -0.25) is 0 Å². The second-order valence-electron chi connectivity index (χ2n) is 11.5. The Labute approximate surface area is 247 Å². The number of hydrogen-bond acceptors (Lipinski definition) is 2. The molecule has 44 heavy (non-hydrogen) atoms. The SMILES string of the molecule is CCCC1CCC(C2COc3cc(-c4cc(F)c(C(F)(F)Oc5cc(F)c(C(F)(F)F)c(F)c5)c(F)c4)c(F)cc3C2)CC1. The highest BCUT2D eigenvalue weighted by molar-refractivity contribution is 5.68. The quantitative estimate of drug-likeness (QED) is 0.241. The fourth-order valence-electron chi connectivity index (χ4n) is 6.39. The van der Waals surface area contributed by atoms with Crippen LogP contribution < -0.4 is 9.47 Å². The Morgan fingerprint density at radius 1 is 0.727 bits per heavy atom. The van der Waals surface area contributed by atoms with Crippen molar-refractivity contribution in [1.82, 2.24) is 0 Å². The van der Waals surface area contributed by atoms with Crippen molar-refractivity contribution in [3.63, 3.8) is 0 Å². The van der Waals surface area contributed by atoms with Gasteiger partial charge in [0.15, 0.2) is 0 Å². The smallest absolute Gasteiger partial charge is 0.432 e. The summed E-state index contributed by atoms with van der Waals surface area (Å²) in [5, 5.41) is 0. The highest BCUT2D eigenvalue weighted by Crippen LogP contribution is 2.43. The van der Waals surface area contributed by atoms with Crippen LogP contribution in [0.3, 0.4) is 0 Å². The van der Waals surface area contributed by atoms with Crippen molar-refractivity contribution in [2.75, 3.05) is 6.61 Å². The van der Waals surface area contributed by atoms with Crippen LogP contribution in [-0.2, 0) is 18.7 Å². The van der Waals surface area contributed by atoms with E-state index in [-0.39, 0.29) is 23.6 Å². The summed E-state index contributed by atoms with van der Waals surface area (Å²) >= 11 is 0. The second kappa shape index (κ2) is 12.2. The fraction of sp³-hybridized carbons (Fsp3) is 0.438. The van der Waals surface area contributed by atoms with E-state index in [1.807, 2.05) is 0 Å². The van der Waals surface area contributed by atoms with E-state index >= 15 is 4.39 Å². The lowest BCUT2D eigenvalue weighted by molar-refractivity contribution is -0.189. The number of alkyl halides is 5. The molecule has 0 spiro atoms. The molecule has 3 aromatic rings. The van der Waals surface area contributed by atoms with Crippen LogP contribution in [0.4, 0.5) is 43.9 Å². The Morgan fingerprint density at radius 3 is 1.89 bits per heavy atom. The maximum absolute atomic E-state index is 15.2. The van der Waals surface area contributed by atoms with Gasteiger partial charge >= 0.3 is 12.3 Å². The zero-order valence-electron chi connectivity index (χ0n) is 23.4. The van der Waals surface area contributed by atoms with Gasteiger partial charge in [0.05, 0.1) is 6.61 Å².